The molecule has 0 saturated carbocycles. The summed E-state index contributed by atoms with van der Waals surface area (Å²) >= 11 is 7.66. The van der Waals surface area contributed by atoms with E-state index in [9.17, 15) is 5.11 Å². The molecule has 1 aromatic heterocycles. The Balaban J connectivity index is 2.13. The minimum absolute atomic E-state index is 0.264. The van der Waals surface area contributed by atoms with Gasteiger partial charge in [0.2, 0.25) is 0 Å². The van der Waals surface area contributed by atoms with Gasteiger partial charge in [0.1, 0.15) is 11.5 Å². The highest BCUT2D eigenvalue weighted by Gasteiger charge is 2.13. The Kier molecular flexibility index (Phi) is 3.86. The molecule has 4 heteroatoms. The molecule has 106 valence electrons. The summed E-state index contributed by atoms with van der Waals surface area (Å²) in [5.74, 6) is 1.01. The Labute approximate surface area is 132 Å². The van der Waals surface area contributed by atoms with Crippen LogP contribution in [0.2, 0.25) is 5.02 Å². The van der Waals surface area contributed by atoms with Gasteiger partial charge < -0.3 is 9.84 Å². The molecule has 2 aromatic carbocycles. The summed E-state index contributed by atoms with van der Waals surface area (Å²) in [5, 5.41) is 14.3. The van der Waals surface area contributed by atoms with Crippen LogP contribution in [0.25, 0.3) is 22.3 Å². The van der Waals surface area contributed by atoms with E-state index >= 15 is 0 Å². The third-order valence-corrected chi connectivity index (χ3v) is 4.27. The normalized spacial score (nSPS) is 10.6. The zero-order valence-electron chi connectivity index (χ0n) is 11.3. The van der Waals surface area contributed by atoms with E-state index in [1.54, 1.807) is 30.6 Å². The van der Waals surface area contributed by atoms with Gasteiger partial charge in [-0.2, -0.15) is 11.3 Å². The van der Waals surface area contributed by atoms with Gasteiger partial charge in [0, 0.05) is 21.7 Å². The van der Waals surface area contributed by atoms with Crippen molar-refractivity contribution in [2.75, 3.05) is 7.11 Å². The van der Waals surface area contributed by atoms with Crippen LogP contribution in [0.1, 0.15) is 0 Å². The number of halogens is 1. The first-order valence-corrected chi connectivity index (χ1v) is 7.70. The second kappa shape index (κ2) is 5.80. The molecule has 1 N–H and O–H groups in total. The summed E-state index contributed by atoms with van der Waals surface area (Å²) in [7, 11) is 1.64. The SMILES string of the molecule is COc1cc(Cl)ccc1-c1cscc1-c1ccc(O)cc1. The highest BCUT2D eigenvalue weighted by molar-refractivity contribution is 7.08. The molecule has 0 aliphatic heterocycles. The van der Waals surface area contributed by atoms with Gasteiger partial charge in [-0.3, -0.25) is 0 Å². The maximum Gasteiger partial charge on any atom is 0.128 e. The van der Waals surface area contributed by atoms with E-state index in [0.717, 1.165) is 28.0 Å². The maximum atomic E-state index is 9.42. The number of thiophene rings is 1. The Hall–Kier alpha value is -1.97. The van der Waals surface area contributed by atoms with Crippen molar-refractivity contribution in [3.8, 4) is 33.8 Å². The summed E-state index contributed by atoms with van der Waals surface area (Å²) < 4.78 is 5.44. The summed E-state index contributed by atoms with van der Waals surface area (Å²) in [5.41, 5.74) is 4.27. The van der Waals surface area contributed by atoms with E-state index in [1.165, 1.54) is 0 Å². The molecule has 0 aliphatic rings. The first-order chi connectivity index (χ1) is 10.2. The number of phenols is 1. The maximum absolute atomic E-state index is 9.42. The van der Waals surface area contributed by atoms with Crippen LogP contribution in [0.15, 0.2) is 53.2 Å². The minimum Gasteiger partial charge on any atom is -0.508 e. The molecule has 3 rings (SSSR count). The smallest absolute Gasteiger partial charge is 0.128 e. The minimum atomic E-state index is 0.264. The molecule has 0 radical (unpaired) electrons. The summed E-state index contributed by atoms with van der Waals surface area (Å²) in [6.45, 7) is 0. The molecule has 0 bridgehead atoms. The quantitative estimate of drug-likeness (QED) is 0.696. The van der Waals surface area contributed by atoms with Gasteiger partial charge in [-0.1, -0.05) is 23.7 Å². The number of methoxy groups -OCH3 is 1. The number of phenolic OH excluding ortho intramolecular Hbond substituents is 1. The van der Waals surface area contributed by atoms with E-state index in [1.807, 2.05) is 30.3 Å². The molecule has 3 aromatic rings. The predicted molar refractivity (Wildman–Crippen MR) is 88.4 cm³/mol. The van der Waals surface area contributed by atoms with Crippen LogP contribution in [0.5, 0.6) is 11.5 Å². The number of ether oxygens (including phenoxy) is 1. The van der Waals surface area contributed by atoms with Crippen molar-refractivity contribution < 1.29 is 9.84 Å². The molecule has 1 heterocycles. The number of rotatable bonds is 3. The average Bonchev–Trinajstić information content (AvgIpc) is 2.97. The number of hydrogen-bond donors (Lipinski definition) is 1. The zero-order chi connectivity index (χ0) is 14.8. The van der Waals surface area contributed by atoms with Gasteiger partial charge in [0.25, 0.3) is 0 Å². The Morgan fingerprint density at radius 1 is 0.952 bits per heavy atom. The lowest BCUT2D eigenvalue weighted by Gasteiger charge is -2.10. The van der Waals surface area contributed by atoms with Crippen LogP contribution in [-0.4, -0.2) is 12.2 Å². The molecular weight excluding hydrogens is 304 g/mol. The second-order valence-electron chi connectivity index (χ2n) is 4.59. The monoisotopic (exact) mass is 316 g/mol. The van der Waals surface area contributed by atoms with Gasteiger partial charge in [0.05, 0.1) is 7.11 Å². The van der Waals surface area contributed by atoms with Crippen LogP contribution >= 0.6 is 22.9 Å². The van der Waals surface area contributed by atoms with E-state index in [2.05, 4.69) is 10.8 Å². The lowest BCUT2D eigenvalue weighted by atomic mass is 9.98. The van der Waals surface area contributed by atoms with Crippen molar-refractivity contribution in [1.82, 2.24) is 0 Å². The molecule has 0 unspecified atom stereocenters. The first-order valence-electron chi connectivity index (χ1n) is 6.38. The van der Waals surface area contributed by atoms with Crippen molar-refractivity contribution >= 4 is 22.9 Å². The standard InChI is InChI=1S/C17H13ClO2S/c1-20-17-8-12(18)4-7-14(17)16-10-21-9-15(16)11-2-5-13(19)6-3-11/h2-10,19H,1H3. The Bertz CT molecular complexity index is 763. The molecular formula is C17H13ClO2S. The average molecular weight is 317 g/mol. The third-order valence-electron chi connectivity index (χ3n) is 3.29. The third kappa shape index (κ3) is 2.75. The molecule has 2 nitrogen and oxygen atoms in total. The number of hydrogen-bond acceptors (Lipinski definition) is 3. The zero-order valence-corrected chi connectivity index (χ0v) is 12.9. The van der Waals surface area contributed by atoms with E-state index < -0.39 is 0 Å². The van der Waals surface area contributed by atoms with Crippen LogP contribution in [0.4, 0.5) is 0 Å². The van der Waals surface area contributed by atoms with Crippen LogP contribution < -0.4 is 4.74 Å². The fourth-order valence-corrected chi connectivity index (χ4v) is 3.28. The van der Waals surface area contributed by atoms with E-state index in [0.29, 0.717) is 5.02 Å². The van der Waals surface area contributed by atoms with Gasteiger partial charge in [-0.15, -0.1) is 0 Å². The van der Waals surface area contributed by atoms with Crippen molar-refractivity contribution in [3.63, 3.8) is 0 Å². The highest BCUT2D eigenvalue weighted by Crippen LogP contribution is 2.40. The van der Waals surface area contributed by atoms with Gasteiger partial charge in [-0.25, -0.2) is 0 Å². The van der Waals surface area contributed by atoms with Crippen molar-refractivity contribution in [1.29, 1.82) is 0 Å². The summed E-state index contributed by atoms with van der Waals surface area (Å²) in [4.78, 5) is 0. The Morgan fingerprint density at radius 2 is 1.67 bits per heavy atom. The lowest BCUT2D eigenvalue weighted by Crippen LogP contribution is -1.88. The van der Waals surface area contributed by atoms with Crippen LogP contribution in [0.3, 0.4) is 0 Å². The van der Waals surface area contributed by atoms with Gasteiger partial charge in [-0.05, 0) is 46.7 Å². The van der Waals surface area contributed by atoms with E-state index in [4.69, 9.17) is 16.3 Å². The van der Waals surface area contributed by atoms with Gasteiger partial charge >= 0.3 is 0 Å². The number of benzene rings is 2. The molecule has 0 fully saturated rings. The largest absolute Gasteiger partial charge is 0.508 e. The second-order valence-corrected chi connectivity index (χ2v) is 5.77. The molecule has 0 aliphatic carbocycles. The fraction of sp³-hybridized carbons (Fsp3) is 0.0588. The molecule has 0 amide bonds. The topological polar surface area (TPSA) is 29.5 Å². The molecule has 0 saturated heterocycles. The highest BCUT2D eigenvalue weighted by atomic mass is 35.5. The van der Waals surface area contributed by atoms with Crippen molar-refractivity contribution in [3.05, 3.63) is 58.2 Å². The number of aromatic hydroxyl groups is 1. The van der Waals surface area contributed by atoms with Crippen molar-refractivity contribution in [2.45, 2.75) is 0 Å². The Morgan fingerprint density at radius 3 is 2.38 bits per heavy atom. The predicted octanol–water partition coefficient (Wildman–Crippen LogP) is 5.45. The summed E-state index contributed by atoms with van der Waals surface area (Å²) in [6.07, 6.45) is 0. The first kappa shape index (κ1) is 14.0. The van der Waals surface area contributed by atoms with Crippen LogP contribution in [-0.2, 0) is 0 Å². The fourth-order valence-electron chi connectivity index (χ4n) is 2.26. The van der Waals surface area contributed by atoms with Crippen LogP contribution in [0, 0.1) is 0 Å². The van der Waals surface area contributed by atoms with Gasteiger partial charge in [0.15, 0.2) is 0 Å². The molecule has 0 spiro atoms. The molecule has 0 atom stereocenters. The van der Waals surface area contributed by atoms with E-state index in [-0.39, 0.29) is 5.75 Å². The molecule has 21 heavy (non-hydrogen) atoms. The summed E-state index contributed by atoms with van der Waals surface area (Å²) in [6, 6.07) is 12.8. The lowest BCUT2D eigenvalue weighted by molar-refractivity contribution is 0.416. The van der Waals surface area contributed by atoms with Crippen molar-refractivity contribution in [2.24, 2.45) is 0 Å².